The zero-order valence-electron chi connectivity index (χ0n) is 30.3. The Morgan fingerprint density at radius 1 is 0.962 bits per heavy atom. The number of unbranched alkanes of at least 4 members (excludes halogenated alkanes) is 2. The summed E-state index contributed by atoms with van der Waals surface area (Å²) in [7, 11) is 3.51. The molecule has 4 heterocycles. The van der Waals surface area contributed by atoms with Gasteiger partial charge in [0, 0.05) is 74.2 Å². The smallest absolute Gasteiger partial charge is 0.331 e. The molecule has 13 nitrogen and oxygen atoms in total. The summed E-state index contributed by atoms with van der Waals surface area (Å²) >= 11 is 0. The first-order valence-electron chi connectivity index (χ1n) is 18.3. The predicted molar refractivity (Wildman–Crippen MR) is 199 cm³/mol. The number of esters is 1. The van der Waals surface area contributed by atoms with Crippen LogP contribution in [0.5, 0.6) is 11.5 Å². The molecule has 278 valence electrons. The highest BCUT2D eigenvalue weighted by molar-refractivity contribution is 5.70. The van der Waals surface area contributed by atoms with Crippen molar-refractivity contribution in [3.8, 4) is 22.9 Å². The summed E-state index contributed by atoms with van der Waals surface area (Å²) in [6.45, 7) is 4.96. The van der Waals surface area contributed by atoms with Gasteiger partial charge in [-0.2, -0.15) is 5.10 Å². The Morgan fingerprint density at radius 2 is 1.75 bits per heavy atom. The van der Waals surface area contributed by atoms with Crippen molar-refractivity contribution in [2.24, 2.45) is 0 Å². The molecule has 0 aliphatic carbocycles. The lowest BCUT2D eigenvalue weighted by Gasteiger charge is -2.40. The first-order chi connectivity index (χ1) is 25.5. The molecule has 0 spiro atoms. The summed E-state index contributed by atoms with van der Waals surface area (Å²) in [5, 5.41) is 15.5. The molecular weight excluding hydrogens is 662 g/mol. The van der Waals surface area contributed by atoms with Gasteiger partial charge in [-0.25, -0.2) is 9.78 Å². The molecule has 6 rings (SSSR count). The fourth-order valence-electron chi connectivity index (χ4n) is 6.56. The van der Waals surface area contributed by atoms with E-state index < -0.39 is 0 Å². The number of benzene rings is 2. The van der Waals surface area contributed by atoms with Crippen molar-refractivity contribution in [1.82, 2.24) is 25.1 Å². The molecule has 0 unspecified atom stereocenters. The van der Waals surface area contributed by atoms with Gasteiger partial charge in [-0.05, 0) is 94.1 Å². The van der Waals surface area contributed by atoms with E-state index in [1.54, 1.807) is 12.4 Å². The second kappa shape index (κ2) is 18.7. The number of anilines is 2. The van der Waals surface area contributed by atoms with Crippen LogP contribution in [0.3, 0.4) is 0 Å². The lowest BCUT2D eigenvalue weighted by molar-refractivity contribution is -0.146. The number of nitrogens with zero attached hydrogens (tertiary/aromatic N) is 4. The Kier molecular flexibility index (Phi) is 13.3. The van der Waals surface area contributed by atoms with Crippen molar-refractivity contribution >= 4 is 17.3 Å². The van der Waals surface area contributed by atoms with Gasteiger partial charge in [-0.1, -0.05) is 6.07 Å². The number of aromatic amines is 1. The van der Waals surface area contributed by atoms with Crippen molar-refractivity contribution in [1.29, 1.82) is 0 Å². The lowest BCUT2D eigenvalue weighted by atomic mass is 9.86. The number of hydrogen-bond donors (Lipinski definition) is 3. The highest BCUT2D eigenvalue weighted by atomic mass is 16.6. The van der Waals surface area contributed by atoms with Crippen molar-refractivity contribution in [3.05, 3.63) is 78.4 Å². The number of fused-ring (bicyclic) bond motifs is 1. The largest absolute Gasteiger partial charge is 0.494 e. The van der Waals surface area contributed by atoms with E-state index in [1.165, 1.54) is 7.11 Å². The lowest BCUT2D eigenvalue weighted by Crippen LogP contribution is -2.46. The average Bonchev–Trinajstić information content (AvgIpc) is 3.68. The minimum atomic E-state index is -0.378. The molecule has 0 bridgehead atoms. The van der Waals surface area contributed by atoms with E-state index in [0.29, 0.717) is 38.9 Å². The summed E-state index contributed by atoms with van der Waals surface area (Å²) in [4.78, 5) is 22.5. The summed E-state index contributed by atoms with van der Waals surface area (Å²) < 4.78 is 27.6. The number of carbonyl (C=O) groups is 1. The van der Waals surface area contributed by atoms with Crippen LogP contribution >= 0.6 is 0 Å². The highest BCUT2D eigenvalue weighted by Gasteiger charge is 2.39. The Balaban J connectivity index is 1.01. The van der Waals surface area contributed by atoms with Crippen molar-refractivity contribution in [2.45, 2.75) is 56.5 Å². The number of carbonyl (C=O) groups excluding carboxylic acids is 1. The average molecular weight is 714 g/mol. The van der Waals surface area contributed by atoms with Gasteiger partial charge in [0.15, 0.2) is 11.6 Å². The normalized spacial score (nSPS) is 16.8. The third-order valence-corrected chi connectivity index (χ3v) is 9.55. The van der Waals surface area contributed by atoms with E-state index in [-0.39, 0.29) is 24.2 Å². The molecule has 0 radical (unpaired) electrons. The zero-order valence-corrected chi connectivity index (χ0v) is 30.3. The van der Waals surface area contributed by atoms with Gasteiger partial charge in [0.2, 0.25) is 0 Å². The van der Waals surface area contributed by atoms with Crippen LogP contribution in [0.25, 0.3) is 11.4 Å². The summed E-state index contributed by atoms with van der Waals surface area (Å²) in [6.07, 6.45) is 9.83. The predicted octanol–water partition coefficient (Wildman–Crippen LogP) is 5.98. The van der Waals surface area contributed by atoms with E-state index in [4.69, 9.17) is 23.9 Å². The molecular formula is C39H51N7O6. The maximum Gasteiger partial charge on any atom is 0.331 e. The first kappa shape index (κ1) is 37.1. The number of ether oxygens (including phenoxy) is 5. The molecule has 1 atom stereocenters. The van der Waals surface area contributed by atoms with Crippen LogP contribution in [0.15, 0.2) is 67.0 Å². The number of piperidine rings is 1. The van der Waals surface area contributed by atoms with Crippen LogP contribution in [-0.4, -0.2) is 97.9 Å². The number of methoxy groups -OCH3 is 1. The number of hydrogen-bond acceptors (Lipinski definition) is 12. The van der Waals surface area contributed by atoms with Gasteiger partial charge in [0.25, 0.3) is 0 Å². The molecule has 2 aromatic carbocycles. The molecule has 1 saturated heterocycles. The fraction of sp³-hybridized carbons (Fsp3) is 0.487. The molecule has 0 amide bonds. The minimum Gasteiger partial charge on any atom is -0.494 e. The monoisotopic (exact) mass is 713 g/mol. The van der Waals surface area contributed by atoms with Crippen LogP contribution in [-0.2, 0) is 24.5 Å². The maximum atomic E-state index is 11.0. The Hall–Kier alpha value is -4.72. The second-order valence-corrected chi connectivity index (χ2v) is 13.4. The molecule has 1 fully saturated rings. The first-order valence-corrected chi connectivity index (χ1v) is 18.3. The molecule has 2 aliphatic heterocycles. The van der Waals surface area contributed by atoms with Crippen LogP contribution < -0.4 is 20.1 Å². The zero-order chi connectivity index (χ0) is 36.0. The Bertz CT molecular complexity index is 1700. The third kappa shape index (κ3) is 10.2. The summed E-state index contributed by atoms with van der Waals surface area (Å²) in [5.74, 6) is 2.89. The van der Waals surface area contributed by atoms with Crippen LogP contribution in [0.2, 0.25) is 0 Å². The van der Waals surface area contributed by atoms with Crippen molar-refractivity contribution in [3.63, 3.8) is 0 Å². The number of aromatic nitrogens is 4. The van der Waals surface area contributed by atoms with E-state index >= 15 is 0 Å². The third-order valence-electron chi connectivity index (χ3n) is 9.55. The summed E-state index contributed by atoms with van der Waals surface area (Å²) in [5.41, 5.74) is 3.71. The van der Waals surface area contributed by atoms with Gasteiger partial charge in [0.05, 0.1) is 31.9 Å². The molecule has 2 aliphatic rings. The SMILES string of the molecule is COC(=O)COCCCOCCCCCOc1ccc2c(c1)[C@@H](Nc1cccc(NC3(c4nc(-c5ccncc5)n[nH]4)CCN(C)CC3)c1)CCO2. The van der Waals surface area contributed by atoms with E-state index in [2.05, 4.69) is 72.8 Å². The molecule has 0 saturated carbocycles. The fourth-order valence-corrected chi connectivity index (χ4v) is 6.56. The quantitative estimate of drug-likeness (QED) is 0.0777. The topological polar surface area (TPSA) is 145 Å². The number of rotatable bonds is 19. The molecule has 52 heavy (non-hydrogen) atoms. The van der Waals surface area contributed by atoms with E-state index in [1.807, 2.05) is 24.3 Å². The van der Waals surface area contributed by atoms with E-state index in [0.717, 1.165) is 97.9 Å². The Labute approximate surface area is 305 Å². The number of H-pyrrole nitrogens is 1. The minimum absolute atomic E-state index is 0.0165. The highest BCUT2D eigenvalue weighted by Crippen LogP contribution is 2.39. The van der Waals surface area contributed by atoms with Gasteiger partial charge in [-0.3, -0.25) is 10.1 Å². The Morgan fingerprint density at radius 3 is 2.60 bits per heavy atom. The molecule has 2 aromatic heterocycles. The number of pyridine rings is 1. The van der Waals surface area contributed by atoms with Gasteiger partial charge >= 0.3 is 5.97 Å². The maximum absolute atomic E-state index is 11.0. The second-order valence-electron chi connectivity index (χ2n) is 13.4. The van der Waals surface area contributed by atoms with Crippen LogP contribution in [0, 0.1) is 0 Å². The number of nitrogens with one attached hydrogen (secondary N) is 3. The van der Waals surface area contributed by atoms with Crippen LogP contribution in [0.4, 0.5) is 11.4 Å². The van der Waals surface area contributed by atoms with Crippen LogP contribution in [0.1, 0.15) is 62.4 Å². The molecule has 13 heteroatoms. The summed E-state index contributed by atoms with van der Waals surface area (Å²) in [6, 6.07) is 18.5. The van der Waals surface area contributed by atoms with E-state index in [9.17, 15) is 4.79 Å². The number of likely N-dealkylation sites (tertiary alicyclic amines) is 1. The van der Waals surface area contributed by atoms with Gasteiger partial charge in [-0.15, -0.1) is 0 Å². The van der Waals surface area contributed by atoms with Crippen molar-refractivity contribution < 1.29 is 28.5 Å². The van der Waals surface area contributed by atoms with Gasteiger partial charge < -0.3 is 39.2 Å². The molecule has 3 N–H and O–H groups in total. The molecule has 4 aromatic rings. The standard InChI is InChI=1S/C39H51N7O6/c1-46-19-15-39(16-20-46,38-42-37(44-45-38)29-12-17-40-18-13-29)43-31-9-6-8-30(26-31)41-34-14-25-52-35-11-10-32(27-33(34)35)51-24-5-3-4-21-49-22-7-23-50-28-36(47)48-2/h6,8-13,17-18,26-27,34,41,43H,3-5,7,14-16,19-25,28H2,1-2H3,(H,42,44,45)/t34-/m0/s1. The van der Waals surface area contributed by atoms with Gasteiger partial charge in [0.1, 0.15) is 18.1 Å². The van der Waals surface area contributed by atoms with Crippen molar-refractivity contribution in [2.75, 3.05) is 77.5 Å².